The van der Waals surface area contributed by atoms with Gasteiger partial charge in [-0.05, 0) is 20.8 Å². The number of rotatable bonds is 3. The van der Waals surface area contributed by atoms with Crippen molar-refractivity contribution in [2.24, 2.45) is 5.73 Å². The lowest BCUT2D eigenvalue weighted by Crippen LogP contribution is -2.32. The van der Waals surface area contributed by atoms with Gasteiger partial charge in [0.1, 0.15) is 12.6 Å². The molecule has 0 aromatic rings. The molecule has 0 aliphatic heterocycles. The molecule has 0 aliphatic carbocycles. The van der Waals surface area contributed by atoms with Gasteiger partial charge in [-0.1, -0.05) is 22.6 Å². The van der Waals surface area contributed by atoms with Crippen LogP contribution in [0.1, 0.15) is 20.8 Å². The van der Waals surface area contributed by atoms with Crippen LogP contribution in [0.5, 0.6) is 0 Å². The summed E-state index contributed by atoms with van der Waals surface area (Å²) in [5.41, 5.74) is 5.29. The van der Waals surface area contributed by atoms with Gasteiger partial charge in [0.2, 0.25) is 0 Å². The van der Waals surface area contributed by atoms with Gasteiger partial charge in [-0.15, -0.1) is 0 Å². The summed E-state index contributed by atoms with van der Waals surface area (Å²) in [6.07, 6.45) is 0. The van der Waals surface area contributed by atoms with E-state index in [2.05, 4.69) is 22.6 Å². The second kappa shape index (κ2) is 4.25. The van der Waals surface area contributed by atoms with Crippen molar-refractivity contribution in [3.8, 4) is 0 Å². The quantitative estimate of drug-likeness (QED) is 0.475. The van der Waals surface area contributed by atoms with Crippen LogP contribution in [0.3, 0.4) is 0 Å². The number of ether oxygens (including phenoxy) is 1. The third kappa shape index (κ3) is 6.55. The molecule has 0 bridgehead atoms. The van der Waals surface area contributed by atoms with Gasteiger partial charge in [-0.2, -0.15) is 0 Å². The van der Waals surface area contributed by atoms with Gasteiger partial charge >= 0.3 is 5.97 Å². The fraction of sp³-hybridized carbons (Fsp3) is 0.857. The predicted octanol–water partition coefficient (Wildman–Crippen LogP) is 1.09. The van der Waals surface area contributed by atoms with Crippen LogP contribution in [0.4, 0.5) is 0 Å². The maximum atomic E-state index is 10.8. The number of nitrogens with two attached hydrogens (primary N) is 1. The fourth-order valence-corrected chi connectivity index (χ4v) is 0.530. The van der Waals surface area contributed by atoms with E-state index >= 15 is 0 Å². The average molecular weight is 271 g/mol. The van der Waals surface area contributed by atoms with E-state index in [1.807, 2.05) is 13.8 Å². The summed E-state index contributed by atoms with van der Waals surface area (Å²) in [5, 5.41) is 0. The van der Waals surface area contributed by atoms with Crippen LogP contribution in [-0.2, 0) is 9.53 Å². The minimum absolute atomic E-state index is 0.0116. The molecular weight excluding hydrogens is 257 g/mol. The number of carbonyl (C=O) groups is 1. The Bertz CT molecular complexity index is 140. The molecule has 11 heavy (non-hydrogen) atoms. The lowest BCUT2D eigenvalue weighted by molar-refractivity contribution is -0.145. The van der Waals surface area contributed by atoms with E-state index in [1.165, 1.54) is 0 Å². The summed E-state index contributed by atoms with van der Waals surface area (Å²) >= 11 is 2.22. The SMILES string of the molecule is CC(N)C(=O)OCC(C)(C)I. The Kier molecular flexibility index (Phi) is 4.31. The normalized spacial score (nSPS) is 14.3. The van der Waals surface area contributed by atoms with E-state index in [4.69, 9.17) is 10.5 Å². The first-order valence-electron chi connectivity index (χ1n) is 3.44. The highest BCUT2D eigenvalue weighted by molar-refractivity contribution is 14.1. The molecule has 1 unspecified atom stereocenters. The predicted molar refractivity (Wildman–Crippen MR) is 52.7 cm³/mol. The molecule has 0 rings (SSSR count). The third-order valence-corrected chi connectivity index (χ3v) is 1.24. The Morgan fingerprint density at radius 3 is 2.45 bits per heavy atom. The fourth-order valence-electron chi connectivity index (χ4n) is 0.374. The van der Waals surface area contributed by atoms with E-state index in [1.54, 1.807) is 6.92 Å². The molecular formula is C7H14INO2. The van der Waals surface area contributed by atoms with Crippen molar-refractivity contribution in [1.29, 1.82) is 0 Å². The van der Waals surface area contributed by atoms with E-state index < -0.39 is 6.04 Å². The third-order valence-electron chi connectivity index (χ3n) is 0.929. The molecule has 0 aliphatic rings. The zero-order chi connectivity index (χ0) is 9.07. The van der Waals surface area contributed by atoms with Crippen molar-refractivity contribution in [3.05, 3.63) is 0 Å². The van der Waals surface area contributed by atoms with Gasteiger partial charge in [0.25, 0.3) is 0 Å². The monoisotopic (exact) mass is 271 g/mol. The maximum Gasteiger partial charge on any atom is 0.322 e. The van der Waals surface area contributed by atoms with Crippen LogP contribution in [-0.4, -0.2) is 22.0 Å². The summed E-state index contributed by atoms with van der Waals surface area (Å²) in [4.78, 5) is 10.8. The van der Waals surface area contributed by atoms with Crippen molar-refractivity contribution in [1.82, 2.24) is 0 Å². The second-order valence-corrected chi connectivity index (χ2v) is 6.04. The Labute approximate surface area is 80.8 Å². The lowest BCUT2D eigenvalue weighted by atomic mass is 10.2. The highest BCUT2D eigenvalue weighted by Crippen LogP contribution is 2.16. The van der Waals surface area contributed by atoms with Gasteiger partial charge in [0.05, 0.1) is 3.42 Å². The van der Waals surface area contributed by atoms with Crippen LogP contribution in [0.25, 0.3) is 0 Å². The zero-order valence-corrected chi connectivity index (χ0v) is 9.21. The van der Waals surface area contributed by atoms with Crippen molar-refractivity contribution >= 4 is 28.6 Å². The molecule has 0 spiro atoms. The Morgan fingerprint density at radius 1 is 1.73 bits per heavy atom. The van der Waals surface area contributed by atoms with Crippen LogP contribution < -0.4 is 5.73 Å². The maximum absolute atomic E-state index is 10.8. The molecule has 0 aromatic heterocycles. The minimum Gasteiger partial charge on any atom is -0.463 e. The summed E-state index contributed by atoms with van der Waals surface area (Å²) in [6.45, 7) is 6.00. The Morgan fingerprint density at radius 2 is 2.18 bits per heavy atom. The topological polar surface area (TPSA) is 52.3 Å². The number of carbonyl (C=O) groups excluding carboxylic acids is 1. The number of halogens is 1. The minimum atomic E-state index is -0.520. The molecule has 0 radical (unpaired) electrons. The van der Waals surface area contributed by atoms with E-state index in [-0.39, 0.29) is 9.39 Å². The van der Waals surface area contributed by atoms with Crippen LogP contribution >= 0.6 is 22.6 Å². The molecule has 2 N–H and O–H groups in total. The smallest absolute Gasteiger partial charge is 0.322 e. The molecule has 4 heteroatoms. The van der Waals surface area contributed by atoms with E-state index in [0.717, 1.165) is 0 Å². The van der Waals surface area contributed by atoms with Gasteiger partial charge in [-0.25, -0.2) is 0 Å². The summed E-state index contributed by atoms with van der Waals surface area (Å²) < 4.78 is 4.88. The van der Waals surface area contributed by atoms with Crippen LogP contribution in [0.15, 0.2) is 0 Å². The second-order valence-electron chi connectivity index (χ2n) is 3.12. The molecule has 0 fully saturated rings. The van der Waals surface area contributed by atoms with E-state index in [9.17, 15) is 4.79 Å². The summed E-state index contributed by atoms with van der Waals surface area (Å²) in [6, 6.07) is -0.520. The van der Waals surface area contributed by atoms with Crippen molar-refractivity contribution in [3.63, 3.8) is 0 Å². The molecule has 1 atom stereocenters. The number of esters is 1. The lowest BCUT2D eigenvalue weighted by Gasteiger charge is -2.16. The highest BCUT2D eigenvalue weighted by atomic mass is 127. The van der Waals surface area contributed by atoms with Gasteiger partial charge in [-0.3, -0.25) is 4.79 Å². The van der Waals surface area contributed by atoms with Crippen molar-refractivity contribution < 1.29 is 9.53 Å². The standard InChI is InChI=1S/C7H14INO2/c1-5(9)6(10)11-4-7(2,3)8/h5H,4,9H2,1-3H3. The Balaban J connectivity index is 3.64. The van der Waals surface area contributed by atoms with E-state index in [0.29, 0.717) is 6.61 Å². The van der Waals surface area contributed by atoms with Gasteiger partial charge in [0.15, 0.2) is 0 Å². The zero-order valence-electron chi connectivity index (χ0n) is 7.06. The molecule has 0 amide bonds. The average Bonchev–Trinajstić information content (AvgIpc) is 1.80. The first-order chi connectivity index (χ1) is 4.83. The number of alkyl halides is 1. The summed E-state index contributed by atoms with van der Waals surface area (Å²) in [7, 11) is 0. The summed E-state index contributed by atoms with van der Waals surface area (Å²) in [5.74, 6) is -0.338. The molecule has 0 heterocycles. The van der Waals surface area contributed by atoms with Crippen molar-refractivity contribution in [2.75, 3.05) is 6.61 Å². The van der Waals surface area contributed by atoms with Crippen LogP contribution in [0.2, 0.25) is 0 Å². The molecule has 3 nitrogen and oxygen atoms in total. The number of hydrogen-bond donors (Lipinski definition) is 1. The van der Waals surface area contributed by atoms with Gasteiger partial charge in [0, 0.05) is 0 Å². The van der Waals surface area contributed by atoms with Crippen molar-refractivity contribution in [2.45, 2.75) is 30.2 Å². The Hall–Kier alpha value is 0.160. The highest BCUT2D eigenvalue weighted by Gasteiger charge is 2.17. The molecule has 0 aromatic carbocycles. The number of hydrogen-bond acceptors (Lipinski definition) is 3. The van der Waals surface area contributed by atoms with Gasteiger partial charge < -0.3 is 10.5 Å². The molecule has 0 saturated heterocycles. The largest absolute Gasteiger partial charge is 0.463 e. The molecule has 66 valence electrons. The first kappa shape index (κ1) is 11.2. The first-order valence-corrected chi connectivity index (χ1v) is 4.52. The molecule has 0 saturated carbocycles. The van der Waals surface area contributed by atoms with Crippen LogP contribution in [0, 0.1) is 0 Å².